The molecular weight excluding hydrogens is 188 g/mol. The van der Waals surface area contributed by atoms with Gasteiger partial charge in [-0.15, -0.1) is 0 Å². The van der Waals surface area contributed by atoms with E-state index in [1.165, 1.54) is 38.9 Å². The fraction of sp³-hybridized carbons (Fsp3) is 1.00. The molecule has 3 N–H and O–H groups in total. The predicted octanol–water partition coefficient (Wildman–Crippen LogP) is 1.07. The van der Waals surface area contributed by atoms with Gasteiger partial charge in [0.2, 0.25) is 0 Å². The van der Waals surface area contributed by atoms with Gasteiger partial charge in [-0.3, -0.25) is 0 Å². The summed E-state index contributed by atoms with van der Waals surface area (Å²) in [6, 6.07) is 0. The standard InChI is InChI=1S/C12H26N2O/c1-11(10-15)12-4-8-14(9-5-12)7-3-2-6-13/h11-12,15H,2-10,13H2,1H3/t11-/m1/s1. The van der Waals surface area contributed by atoms with Crippen LogP contribution in [-0.4, -0.2) is 42.8 Å². The number of aliphatic hydroxyl groups is 1. The minimum atomic E-state index is 0.345. The lowest BCUT2D eigenvalue weighted by Gasteiger charge is -2.34. The summed E-state index contributed by atoms with van der Waals surface area (Å²) in [5, 5.41) is 9.10. The second-order valence-electron chi connectivity index (χ2n) is 4.83. The molecule has 0 amide bonds. The maximum Gasteiger partial charge on any atom is 0.0459 e. The van der Waals surface area contributed by atoms with Crippen LogP contribution in [0.4, 0.5) is 0 Å². The van der Waals surface area contributed by atoms with E-state index in [-0.39, 0.29) is 0 Å². The van der Waals surface area contributed by atoms with E-state index in [0.29, 0.717) is 12.5 Å². The highest BCUT2D eigenvalue weighted by atomic mass is 16.3. The molecule has 1 atom stereocenters. The third-order valence-corrected chi connectivity index (χ3v) is 3.65. The van der Waals surface area contributed by atoms with E-state index >= 15 is 0 Å². The van der Waals surface area contributed by atoms with Gasteiger partial charge in [-0.25, -0.2) is 0 Å². The molecular formula is C12H26N2O. The summed E-state index contributed by atoms with van der Waals surface area (Å²) in [5.41, 5.74) is 5.48. The van der Waals surface area contributed by atoms with Crippen LogP contribution in [0.15, 0.2) is 0 Å². The Bertz CT molecular complexity index is 156. The topological polar surface area (TPSA) is 49.5 Å². The molecule has 3 nitrogen and oxygen atoms in total. The lowest BCUT2D eigenvalue weighted by molar-refractivity contribution is 0.115. The molecule has 1 aliphatic rings. The first-order chi connectivity index (χ1) is 7.27. The molecule has 1 rings (SSSR count). The monoisotopic (exact) mass is 214 g/mol. The average molecular weight is 214 g/mol. The normalized spacial score (nSPS) is 21.8. The van der Waals surface area contributed by atoms with Crippen molar-refractivity contribution in [2.45, 2.75) is 32.6 Å². The smallest absolute Gasteiger partial charge is 0.0459 e. The lowest BCUT2D eigenvalue weighted by Crippen LogP contribution is -2.36. The zero-order valence-corrected chi connectivity index (χ0v) is 9.99. The van der Waals surface area contributed by atoms with Crippen molar-refractivity contribution >= 4 is 0 Å². The number of piperidine rings is 1. The van der Waals surface area contributed by atoms with Gasteiger partial charge in [0.1, 0.15) is 0 Å². The Labute approximate surface area is 93.6 Å². The third-order valence-electron chi connectivity index (χ3n) is 3.65. The second kappa shape index (κ2) is 7.20. The molecule has 3 heteroatoms. The number of aliphatic hydroxyl groups excluding tert-OH is 1. The van der Waals surface area contributed by atoms with Gasteiger partial charge >= 0.3 is 0 Å². The van der Waals surface area contributed by atoms with Crippen LogP contribution >= 0.6 is 0 Å². The molecule has 0 spiro atoms. The fourth-order valence-corrected chi connectivity index (χ4v) is 2.37. The molecule has 0 unspecified atom stereocenters. The second-order valence-corrected chi connectivity index (χ2v) is 4.83. The fourth-order valence-electron chi connectivity index (χ4n) is 2.37. The minimum Gasteiger partial charge on any atom is -0.396 e. The van der Waals surface area contributed by atoms with Crippen molar-refractivity contribution in [1.82, 2.24) is 4.90 Å². The van der Waals surface area contributed by atoms with Gasteiger partial charge in [0.05, 0.1) is 0 Å². The van der Waals surface area contributed by atoms with Gasteiger partial charge in [0.15, 0.2) is 0 Å². The van der Waals surface area contributed by atoms with Crippen molar-refractivity contribution in [2.24, 2.45) is 17.6 Å². The quantitative estimate of drug-likeness (QED) is 0.650. The van der Waals surface area contributed by atoms with E-state index < -0.39 is 0 Å². The van der Waals surface area contributed by atoms with Gasteiger partial charge < -0.3 is 15.7 Å². The number of nitrogens with two attached hydrogens (primary N) is 1. The van der Waals surface area contributed by atoms with Crippen molar-refractivity contribution in [1.29, 1.82) is 0 Å². The van der Waals surface area contributed by atoms with E-state index in [4.69, 9.17) is 10.8 Å². The van der Waals surface area contributed by atoms with Gasteiger partial charge in [0, 0.05) is 6.61 Å². The summed E-state index contributed by atoms with van der Waals surface area (Å²) >= 11 is 0. The molecule has 0 aliphatic carbocycles. The average Bonchev–Trinajstić information content (AvgIpc) is 2.29. The van der Waals surface area contributed by atoms with Crippen LogP contribution in [-0.2, 0) is 0 Å². The van der Waals surface area contributed by atoms with E-state index in [2.05, 4.69) is 11.8 Å². The van der Waals surface area contributed by atoms with E-state index in [9.17, 15) is 0 Å². The lowest BCUT2D eigenvalue weighted by atomic mass is 9.86. The Balaban J connectivity index is 2.12. The van der Waals surface area contributed by atoms with E-state index in [1.807, 2.05) is 0 Å². The van der Waals surface area contributed by atoms with Crippen molar-refractivity contribution in [3.05, 3.63) is 0 Å². The number of unbranched alkanes of at least 4 members (excludes halogenated alkanes) is 1. The number of rotatable bonds is 6. The number of nitrogens with zero attached hydrogens (tertiary/aromatic N) is 1. The van der Waals surface area contributed by atoms with Crippen molar-refractivity contribution < 1.29 is 5.11 Å². The molecule has 0 radical (unpaired) electrons. The van der Waals surface area contributed by atoms with Crippen LogP contribution in [0.5, 0.6) is 0 Å². The number of hydrogen-bond donors (Lipinski definition) is 2. The van der Waals surface area contributed by atoms with Gasteiger partial charge in [0.25, 0.3) is 0 Å². The minimum absolute atomic E-state index is 0.345. The molecule has 0 aromatic heterocycles. The highest BCUT2D eigenvalue weighted by Gasteiger charge is 2.22. The van der Waals surface area contributed by atoms with Crippen LogP contribution in [0, 0.1) is 11.8 Å². The van der Waals surface area contributed by atoms with E-state index in [0.717, 1.165) is 18.9 Å². The Morgan fingerprint density at radius 1 is 1.33 bits per heavy atom. The summed E-state index contributed by atoms with van der Waals surface area (Å²) < 4.78 is 0. The van der Waals surface area contributed by atoms with E-state index in [1.54, 1.807) is 0 Å². The Morgan fingerprint density at radius 2 is 2.00 bits per heavy atom. The highest BCUT2D eigenvalue weighted by molar-refractivity contribution is 4.75. The molecule has 15 heavy (non-hydrogen) atoms. The third kappa shape index (κ3) is 4.49. The molecule has 0 bridgehead atoms. The summed E-state index contributed by atoms with van der Waals surface area (Å²) in [7, 11) is 0. The molecule has 1 aliphatic heterocycles. The van der Waals surface area contributed by atoms with Gasteiger partial charge in [-0.05, 0) is 63.7 Å². The maximum absolute atomic E-state index is 9.10. The Morgan fingerprint density at radius 3 is 2.53 bits per heavy atom. The van der Waals surface area contributed by atoms with Crippen molar-refractivity contribution in [3.8, 4) is 0 Å². The molecule has 90 valence electrons. The zero-order chi connectivity index (χ0) is 11.1. The summed E-state index contributed by atoms with van der Waals surface area (Å²) in [6.45, 7) is 6.95. The van der Waals surface area contributed by atoms with Crippen molar-refractivity contribution in [3.63, 3.8) is 0 Å². The van der Waals surface area contributed by atoms with Crippen LogP contribution in [0.1, 0.15) is 32.6 Å². The molecule has 1 fully saturated rings. The highest BCUT2D eigenvalue weighted by Crippen LogP contribution is 2.24. The van der Waals surface area contributed by atoms with Crippen molar-refractivity contribution in [2.75, 3.05) is 32.8 Å². The SMILES string of the molecule is C[C@H](CO)C1CCN(CCCCN)CC1. The van der Waals surface area contributed by atoms with Crippen LogP contribution in [0.25, 0.3) is 0 Å². The molecule has 0 saturated carbocycles. The molecule has 1 heterocycles. The zero-order valence-electron chi connectivity index (χ0n) is 9.99. The molecule has 1 saturated heterocycles. The summed E-state index contributed by atoms with van der Waals surface area (Å²) in [4.78, 5) is 2.54. The summed E-state index contributed by atoms with van der Waals surface area (Å²) in [6.07, 6.45) is 4.89. The first kappa shape index (κ1) is 12.9. The Kier molecular flexibility index (Phi) is 6.22. The van der Waals surface area contributed by atoms with Crippen LogP contribution < -0.4 is 5.73 Å². The Hall–Kier alpha value is -0.120. The van der Waals surface area contributed by atoms with Gasteiger partial charge in [-0.1, -0.05) is 6.92 Å². The first-order valence-corrected chi connectivity index (χ1v) is 6.31. The first-order valence-electron chi connectivity index (χ1n) is 6.31. The van der Waals surface area contributed by atoms with Crippen LogP contribution in [0.3, 0.4) is 0 Å². The van der Waals surface area contributed by atoms with Gasteiger partial charge in [-0.2, -0.15) is 0 Å². The molecule has 0 aromatic carbocycles. The maximum atomic E-state index is 9.10. The molecule has 0 aromatic rings. The summed E-state index contributed by atoms with van der Waals surface area (Å²) in [5.74, 6) is 1.22. The van der Waals surface area contributed by atoms with Crippen LogP contribution in [0.2, 0.25) is 0 Å². The number of likely N-dealkylation sites (tertiary alicyclic amines) is 1. The number of hydrogen-bond acceptors (Lipinski definition) is 3. The predicted molar refractivity (Wildman–Crippen MR) is 63.7 cm³/mol. The largest absolute Gasteiger partial charge is 0.396 e.